The summed E-state index contributed by atoms with van der Waals surface area (Å²) in [5.41, 5.74) is 10.1. The van der Waals surface area contributed by atoms with Gasteiger partial charge in [-0.25, -0.2) is 4.85 Å². The molecular formula is C49H27N3S2. The van der Waals surface area contributed by atoms with Crippen molar-refractivity contribution >= 4 is 112 Å². The van der Waals surface area contributed by atoms with Gasteiger partial charge in [0.05, 0.1) is 28.6 Å². The molecule has 0 aliphatic heterocycles. The predicted molar refractivity (Wildman–Crippen MR) is 233 cm³/mol. The number of aromatic nitrogens is 2. The molecule has 0 amide bonds. The Kier molecular flexibility index (Phi) is 6.16. The van der Waals surface area contributed by atoms with Gasteiger partial charge < -0.3 is 9.13 Å². The third-order valence-electron chi connectivity index (χ3n) is 11.1. The van der Waals surface area contributed by atoms with E-state index in [1.807, 2.05) is 34.8 Å². The molecule has 0 bridgehead atoms. The minimum Gasteiger partial charge on any atom is -0.309 e. The molecule has 12 aromatic rings. The van der Waals surface area contributed by atoms with Crippen LogP contribution in [-0.2, 0) is 0 Å². The first kappa shape index (κ1) is 29.8. The fourth-order valence-electron chi connectivity index (χ4n) is 8.68. The zero-order chi connectivity index (χ0) is 35.5. The molecule has 8 aromatic carbocycles. The van der Waals surface area contributed by atoms with E-state index in [9.17, 15) is 0 Å². The minimum atomic E-state index is 0.662. The predicted octanol–water partition coefficient (Wildman–Crippen LogP) is 14.8. The van der Waals surface area contributed by atoms with Crippen molar-refractivity contribution in [2.45, 2.75) is 0 Å². The maximum absolute atomic E-state index is 7.60. The second-order valence-corrected chi connectivity index (χ2v) is 16.2. The second-order valence-electron chi connectivity index (χ2n) is 14.0. The minimum absolute atomic E-state index is 0.662. The van der Waals surface area contributed by atoms with Crippen molar-refractivity contribution in [2.24, 2.45) is 0 Å². The number of benzene rings is 8. The first-order chi connectivity index (χ1) is 26.7. The van der Waals surface area contributed by atoms with Gasteiger partial charge >= 0.3 is 0 Å². The number of thiophene rings is 2. The maximum Gasteiger partial charge on any atom is 0.188 e. The molecule has 250 valence electrons. The molecule has 0 saturated heterocycles. The molecule has 3 nitrogen and oxygen atoms in total. The molecule has 0 radical (unpaired) electrons. The van der Waals surface area contributed by atoms with Crippen LogP contribution in [0.15, 0.2) is 164 Å². The van der Waals surface area contributed by atoms with Crippen molar-refractivity contribution in [3.63, 3.8) is 0 Å². The van der Waals surface area contributed by atoms with Crippen LogP contribution in [0, 0.1) is 6.57 Å². The third kappa shape index (κ3) is 4.21. The van der Waals surface area contributed by atoms with Crippen molar-refractivity contribution in [3.8, 4) is 22.5 Å². The van der Waals surface area contributed by atoms with Crippen LogP contribution >= 0.6 is 22.7 Å². The van der Waals surface area contributed by atoms with Crippen LogP contribution in [0.1, 0.15) is 0 Å². The van der Waals surface area contributed by atoms with E-state index in [1.54, 1.807) is 0 Å². The lowest BCUT2D eigenvalue weighted by molar-refractivity contribution is 1.19. The standard InChI is InChI=1S/C49H27N3S2/c1-50-31-16-19-45-37(26-31)36-10-4-7-13-44(36)52(45)33-18-23-49-41(28-33)39-25-30(15-21-47(39)54-49)29-14-20-46-38(24-29)40-27-32(17-22-48(40)53-46)51-42-11-5-2-8-34(42)35-9-3-6-12-43(35)51/h2-28H. The Morgan fingerprint density at radius 1 is 0.352 bits per heavy atom. The molecule has 4 heterocycles. The quantitative estimate of drug-likeness (QED) is 0.161. The van der Waals surface area contributed by atoms with Crippen molar-refractivity contribution in [1.29, 1.82) is 0 Å². The van der Waals surface area contributed by atoms with E-state index in [2.05, 4.69) is 166 Å². The lowest BCUT2D eigenvalue weighted by Crippen LogP contribution is -1.93. The summed E-state index contributed by atoms with van der Waals surface area (Å²) in [7, 11) is 0. The zero-order valence-corrected chi connectivity index (χ0v) is 30.4. The summed E-state index contributed by atoms with van der Waals surface area (Å²) in [6.45, 7) is 7.60. The maximum atomic E-state index is 7.60. The second kappa shape index (κ2) is 11.1. The van der Waals surface area contributed by atoms with Crippen molar-refractivity contribution in [1.82, 2.24) is 9.13 Å². The van der Waals surface area contributed by atoms with Crippen LogP contribution in [0.25, 0.3) is 111 Å². The van der Waals surface area contributed by atoms with Gasteiger partial charge in [0, 0.05) is 67.9 Å². The first-order valence-electron chi connectivity index (χ1n) is 18.0. The highest BCUT2D eigenvalue weighted by molar-refractivity contribution is 7.26. The molecule has 0 atom stereocenters. The van der Waals surface area contributed by atoms with E-state index in [0.29, 0.717) is 5.69 Å². The Morgan fingerprint density at radius 3 is 1.24 bits per heavy atom. The van der Waals surface area contributed by atoms with E-state index in [4.69, 9.17) is 6.57 Å². The fourth-order valence-corrected chi connectivity index (χ4v) is 10.8. The summed E-state index contributed by atoms with van der Waals surface area (Å²) < 4.78 is 9.91. The monoisotopic (exact) mass is 721 g/mol. The molecule has 54 heavy (non-hydrogen) atoms. The molecule has 0 unspecified atom stereocenters. The number of hydrogen-bond donors (Lipinski definition) is 0. The van der Waals surface area contributed by atoms with E-state index < -0.39 is 0 Å². The number of para-hydroxylation sites is 3. The number of hydrogen-bond acceptors (Lipinski definition) is 2. The molecular weight excluding hydrogens is 695 g/mol. The SMILES string of the molecule is [C-]#[N+]c1ccc2c(c1)c1ccccc1n2-c1ccc2sc3ccc(-c4ccc5sc6ccc(-n7c8ccccc8c8ccccc87)cc6c5c4)cc3c2c1. The smallest absolute Gasteiger partial charge is 0.188 e. The molecule has 0 spiro atoms. The zero-order valence-electron chi connectivity index (χ0n) is 28.7. The summed E-state index contributed by atoms with van der Waals surface area (Å²) in [4.78, 5) is 3.72. The molecule has 12 rings (SSSR count). The molecule has 0 aliphatic carbocycles. The molecule has 0 saturated carbocycles. The van der Waals surface area contributed by atoms with Crippen LogP contribution in [-0.4, -0.2) is 9.13 Å². The first-order valence-corrected chi connectivity index (χ1v) is 19.7. The average molecular weight is 722 g/mol. The molecule has 0 fully saturated rings. The van der Waals surface area contributed by atoms with Gasteiger partial charge in [-0.3, -0.25) is 0 Å². The van der Waals surface area contributed by atoms with Crippen LogP contribution in [0.3, 0.4) is 0 Å². The van der Waals surface area contributed by atoms with E-state index in [-0.39, 0.29) is 0 Å². The Morgan fingerprint density at radius 2 is 0.759 bits per heavy atom. The number of fused-ring (bicyclic) bond motifs is 12. The van der Waals surface area contributed by atoms with E-state index in [1.165, 1.54) is 79.0 Å². The number of rotatable bonds is 3. The van der Waals surface area contributed by atoms with Crippen LogP contribution in [0.5, 0.6) is 0 Å². The Bertz CT molecular complexity index is 3530. The molecule has 0 N–H and O–H groups in total. The Balaban J connectivity index is 1.01. The average Bonchev–Trinajstić information content (AvgIpc) is 3.97. The normalized spacial score (nSPS) is 12.1. The molecule has 0 aliphatic rings. The Hall–Kier alpha value is -6.71. The van der Waals surface area contributed by atoms with Crippen LogP contribution in [0.4, 0.5) is 5.69 Å². The third-order valence-corrected chi connectivity index (χ3v) is 13.4. The van der Waals surface area contributed by atoms with Gasteiger partial charge in [-0.15, -0.1) is 22.7 Å². The summed E-state index contributed by atoms with van der Waals surface area (Å²) in [6, 6.07) is 59.7. The van der Waals surface area contributed by atoms with Gasteiger partial charge in [0.25, 0.3) is 0 Å². The van der Waals surface area contributed by atoms with Gasteiger partial charge in [0.2, 0.25) is 0 Å². The lowest BCUT2D eigenvalue weighted by Gasteiger charge is -2.09. The van der Waals surface area contributed by atoms with E-state index >= 15 is 0 Å². The highest BCUT2D eigenvalue weighted by atomic mass is 32.1. The topological polar surface area (TPSA) is 14.2 Å². The van der Waals surface area contributed by atoms with E-state index in [0.717, 1.165) is 27.5 Å². The van der Waals surface area contributed by atoms with Gasteiger partial charge in [-0.2, -0.15) is 0 Å². The highest BCUT2D eigenvalue weighted by Crippen LogP contribution is 2.42. The van der Waals surface area contributed by atoms with Crippen molar-refractivity contribution < 1.29 is 0 Å². The number of nitrogens with zero attached hydrogens (tertiary/aromatic N) is 3. The van der Waals surface area contributed by atoms with Gasteiger partial charge in [0.15, 0.2) is 5.69 Å². The summed E-state index contributed by atoms with van der Waals surface area (Å²) in [5, 5.41) is 9.94. The summed E-state index contributed by atoms with van der Waals surface area (Å²) in [6.07, 6.45) is 0. The Labute approximate surface area is 317 Å². The van der Waals surface area contributed by atoms with Gasteiger partial charge in [-0.1, -0.05) is 72.8 Å². The summed E-state index contributed by atoms with van der Waals surface area (Å²) >= 11 is 3.71. The molecule has 5 heteroatoms. The van der Waals surface area contributed by atoms with Gasteiger partial charge in [-0.05, 0) is 108 Å². The van der Waals surface area contributed by atoms with Crippen molar-refractivity contribution in [2.75, 3.05) is 0 Å². The van der Waals surface area contributed by atoms with Gasteiger partial charge in [0.1, 0.15) is 0 Å². The highest BCUT2D eigenvalue weighted by Gasteiger charge is 2.17. The van der Waals surface area contributed by atoms with Crippen LogP contribution < -0.4 is 0 Å². The molecule has 4 aromatic heterocycles. The lowest BCUT2D eigenvalue weighted by atomic mass is 10.0. The van der Waals surface area contributed by atoms with Crippen LogP contribution in [0.2, 0.25) is 0 Å². The summed E-state index contributed by atoms with van der Waals surface area (Å²) in [5.74, 6) is 0. The fraction of sp³-hybridized carbons (Fsp3) is 0. The largest absolute Gasteiger partial charge is 0.309 e. The van der Waals surface area contributed by atoms with Crippen molar-refractivity contribution in [3.05, 3.63) is 175 Å².